The Morgan fingerprint density at radius 3 is 2.39 bits per heavy atom. The maximum atomic E-state index is 12.5. The minimum atomic E-state index is -3.78. The van der Waals surface area contributed by atoms with E-state index in [1.807, 2.05) is 6.92 Å². The number of hydrogen-bond donors (Lipinski definition) is 1. The van der Waals surface area contributed by atoms with Gasteiger partial charge in [0.15, 0.2) is 0 Å². The summed E-state index contributed by atoms with van der Waals surface area (Å²) in [6, 6.07) is 7.94. The first-order valence-corrected chi connectivity index (χ1v) is 8.39. The van der Waals surface area contributed by atoms with Crippen LogP contribution in [0.2, 0.25) is 0 Å². The molecule has 8 heteroatoms. The largest absolute Gasteiger partial charge is 0.328 e. The number of aryl methyl sites for hydroxylation is 3. The smallest absolute Gasteiger partial charge is 0.295 e. The highest BCUT2D eigenvalue weighted by atomic mass is 32.2. The van der Waals surface area contributed by atoms with E-state index in [0.29, 0.717) is 11.0 Å². The van der Waals surface area contributed by atoms with Gasteiger partial charge in [-0.25, -0.2) is 18.2 Å². The third-order valence-electron chi connectivity index (χ3n) is 3.70. The molecule has 1 N–H and O–H groups in total. The summed E-state index contributed by atoms with van der Waals surface area (Å²) in [4.78, 5) is 16.0. The SMILES string of the molecule is Cc1ccc(NS(=O)(=O)c2ccc3c(c2)n(C)c(=O)n3C)nc1. The Morgan fingerprint density at radius 1 is 1.04 bits per heavy atom. The standard InChI is InChI=1S/C15H16N4O3S/c1-10-4-7-14(16-9-10)17-23(21,22)11-5-6-12-13(8-11)19(3)15(20)18(12)2/h4-9H,1-3H3,(H,16,17). The quantitative estimate of drug-likeness (QED) is 0.785. The van der Waals surface area contributed by atoms with Crippen molar-refractivity contribution in [2.75, 3.05) is 4.72 Å². The zero-order chi connectivity index (χ0) is 16.8. The maximum Gasteiger partial charge on any atom is 0.328 e. The van der Waals surface area contributed by atoms with E-state index in [2.05, 4.69) is 9.71 Å². The van der Waals surface area contributed by atoms with Crippen LogP contribution >= 0.6 is 0 Å². The molecular weight excluding hydrogens is 316 g/mol. The Balaban J connectivity index is 2.06. The molecule has 0 spiro atoms. The number of imidazole rings is 1. The second-order valence-corrected chi connectivity index (χ2v) is 7.06. The van der Waals surface area contributed by atoms with E-state index in [1.54, 1.807) is 38.5 Å². The average Bonchev–Trinajstić information content (AvgIpc) is 2.74. The molecule has 120 valence electrons. The van der Waals surface area contributed by atoms with Gasteiger partial charge in [-0.2, -0.15) is 0 Å². The fraction of sp³-hybridized carbons (Fsp3) is 0.200. The normalized spacial score (nSPS) is 11.8. The maximum absolute atomic E-state index is 12.5. The van der Waals surface area contributed by atoms with Crippen LogP contribution in [-0.4, -0.2) is 22.5 Å². The molecular formula is C15H16N4O3S. The minimum absolute atomic E-state index is 0.0774. The lowest BCUT2D eigenvalue weighted by atomic mass is 10.3. The summed E-state index contributed by atoms with van der Waals surface area (Å²) < 4.78 is 30.3. The van der Waals surface area contributed by atoms with Crippen LogP contribution < -0.4 is 10.4 Å². The number of fused-ring (bicyclic) bond motifs is 1. The molecule has 0 saturated carbocycles. The highest BCUT2D eigenvalue weighted by Crippen LogP contribution is 2.20. The zero-order valence-electron chi connectivity index (χ0n) is 12.9. The van der Waals surface area contributed by atoms with Crippen LogP contribution in [0.5, 0.6) is 0 Å². The van der Waals surface area contributed by atoms with Crippen molar-refractivity contribution in [1.29, 1.82) is 0 Å². The van der Waals surface area contributed by atoms with Crippen LogP contribution in [0.4, 0.5) is 5.82 Å². The molecule has 0 fully saturated rings. The fourth-order valence-corrected chi connectivity index (χ4v) is 3.41. The Kier molecular flexibility index (Phi) is 3.48. The molecule has 0 aliphatic carbocycles. The summed E-state index contributed by atoms with van der Waals surface area (Å²) in [5.74, 6) is 0.248. The van der Waals surface area contributed by atoms with Gasteiger partial charge in [-0.1, -0.05) is 6.07 Å². The number of pyridine rings is 1. The number of rotatable bonds is 3. The van der Waals surface area contributed by atoms with Crippen molar-refractivity contribution in [2.24, 2.45) is 14.1 Å². The van der Waals surface area contributed by atoms with E-state index >= 15 is 0 Å². The molecule has 0 aliphatic heterocycles. The van der Waals surface area contributed by atoms with Gasteiger partial charge >= 0.3 is 5.69 Å². The van der Waals surface area contributed by atoms with Gasteiger partial charge in [0.2, 0.25) is 0 Å². The first-order valence-electron chi connectivity index (χ1n) is 6.90. The van der Waals surface area contributed by atoms with E-state index in [9.17, 15) is 13.2 Å². The summed E-state index contributed by atoms with van der Waals surface area (Å²) in [6.45, 7) is 1.87. The van der Waals surface area contributed by atoms with Gasteiger partial charge in [0, 0.05) is 20.3 Å². The van der Waals surface area contributed by atoms with Crippen molar-refractivity contribution in [1.82, 2.24) is 14.1 Å². The van der Waals surface area contributed by atoms with Crippen molar-refractivity contribution in [3.8, 4) is 0 Å². The summed E-state index contributed by atoms with van der Waals surface area (Å²) in [6.07, 6.45) is 1.59. The second kappa shape index (κ2) is 5.24. The van der Waals surface area contributed by atoms with E-state index in [0.717, 1.165) is 5.56 Å². The van der Waals surface area contributed by atoms with Gasteiger partial charge in [-0.3, -0.25) is 13.9 Å². The van der Waals surface area contributed by atoms with Crippen LogP contribution in [0.3, 0.4) is 0 Å². The lowest BCUT2D eigenvalue weighted by Crippen LogP contribution is -2.19. The van der Waals surface area contributed by atoms with Crippen LogP contribution in [-0.2, 0) is 24.1 Å². The van der Waals surface area contributed by atoms with Crippen LogP contribution in [0.15, 0.2) is 46.2 Å². The topological polar surface area (TPSA) is 86.0 Å². The van der Waals surface area contributed by atoms with Crippen molar-refractivity contribution in [3.05, 3.63) is 52.6 Å². The molecule has 0 aliphatic rings. The van der Waals surface area contributed by atoms with Crippen LogP contribution in [0.25, 0.3) is 11.0 Å². The number of hydrogen-bond acceptors (Lipinski definition) is 4. The molecule has 3 aromatic rings. The monoisotopic (exact) mass is 332 g/mol. The second-order valence-electron chi connectivity index (χ2n) is 5.38. The minimum Gasteiger partial charge on any atom is -0.295 e. The lowest BCUT2D eigenvalue weighted by Gasteiger charge is -2.08. The third kappa shape index (κ3) is 2.61. The molecule has 0 atom stereocenters. The predicted molar refractivity (Wildman–Crippen MR) is 87.9 cm³/mol. The molecule has 0 unspecified atom stereocenters. The number of benzene rings is 1. The number of nitrogens with zero attached hydrogens (tertiary/aromatic N) is 3. The summed E-state index contributed by atoms with van der Waals surface area (Å²) in [5.41, 5.74) is 1.96. The van der Waals surface area contributed by atoms with Crippen molar-refractivity contribution in [2.45, 2.75) is 11.8 Å². The Hall–Kier alpha value is -2.61. The van der Waals surface area contributed by atoms with Crippen LogP contribution in [0.1, 0.15) is 5.56 Å². The number of aromatic nitrogens is 3. The molecule has 0 saturated heterocycles. The van der Waals surface area contributed by atoms with Gasteiger partial charge in [0.1, 0.15) is 5.82 Å². The third-order valence-corrected chi connectivity index (χ3v) is 5.06. The number of sulfonamides is 1. The fourth-order valence-electron chi connectivity index (χ4n) is 2.38. The molecule has 2 heterocycles. The van der Waals surface area contributed by atoms with Gasteiger partial charge in [-0.15, -0.1) is 0 Å². The van der Waals surface area contributed by atoms with E-state index in [-0.39, 0.29) is 16.4 Å². The highest BCUT2D eigenvalue weighted by Gasteiger charge is 2.17. The Labute approximate surface area is 133 Å². The van der Waals surface area contributed by atoms with Gasteiger partial charge in [0.25, 0.3) is 10.0 Å². The molecule has 7 nitrogen and oxygen atoms in total. The van der Waals surface area contributed by atoms with Gasteiger partial charge in [0.05, 0.1) is 15.9 Å². The summed E-state index contributed by atoms with van der Waals surface area (Å²) in [5, 5.41) is 0. The molecule has 3 rings (SSSR count). The van der Waals surface area contributed by atoms with Crippen LogP contribution in [0, 0.1) is 6.92 Å². The predicted octanol–water partition coefficient (Wildman–Crippen LogP) is 1.38. The van der Waals surface area contributed by atoms with E-state index in [1.165, 1.54) is 21.3 Å². The molecule has 2 aromatic heterocycles. The molecule has 0 bridgehead atoms. The molecule has 1 aromatic carbocycles. The molecule has 0 amide bonds. The molecule has 0 radical (unpaired) electrons. The number of anilines is 1. The van der Waals surface area contributed by atoms with Crippen molar-refractivity contribution in [3.63, 3.8) is 0 Å². The van der Waals surface area contributed by atoms with Gasteiger partial charge in [-0.05, 0) is 36.8 Å². The molecule has 23 heavy (non-hydrogen) atoms. The van der Waals surface area contributed by atoms with E-state index < -0.39 is 10.0 Å². The van der Waals surface area contributed by atoms with Gasteiger partial charge < -0.3 is 0 Å². The average molecular weight is 332 g/mol. The lowest BCUT2D eigenvalue weighted by molar-refractivity contribution is 0.601. The van der Waals surface area contributed by atoms with Crippen molar-refractivity contribution < 1.29 is 8.42 Å². The zero-order valence-corrected chi connectivity index (χ0v) is 13.8. The Bertz CT molecular complexity index is 1050. The Morgan fingerprint density at radius 2 is 1.74 bits per heavy atom. The summed E-state index contributed by atoms with van der Waals surface area (Å²) >= 11 is 0. The van der Waals surface area contributed by atoms with Crippen molar-refractivity contribution >= 4 is 26.9 Å². The summed E-state index contributed by atoms with van der Waals surface area (Å²) in [7, 11) is -0.522. The number of nitrogens with one attached hydrogen (secondary N) is 1. The van der Waals surface area contributed by atoms with E-state index in [4.69, 9.17) is 0 Å². The first-order chi connectivity index (χ1) is 10.8. The highest BCUT2D eigenvalue weighted by molar-refractivity contribution is 7.92. The first kappa shape index (κ1) is 15.3.